The highest BCUT2D eigenvalue weighted by Crippen LogP contribution is 2.27. The number of anilines is 1. The molecule has 3 N–H and O–H groups in total. The first-order valence-corrected chi connectivity index (χ1v) is 10.4. The molecule has 10 heteroatoms. The fraction of sp³-hybridized carbons (Fsp3) is 0.273. The van der Waals surface area contributed by atoms with Gasteiger partial charge in [0.2, 0.25) is 0 Å². The van der Waals surface area contributed by atoms with Crippen LogP contribution < -0.4 is 11.1 Å². The normalized spacial score (nSPS) is 16.4. The zero-order valence-electron chi connectivity index (χ0n) is 17.7. The number of carbonyl (C=O) groups is 1. The van der Waals surface area contributed by atoms with Gasteiger partial charge in [-0.05, 0) is 5.56 Å². The standard InChI is InChI=1S/C22H24N8O2/c1-28-12-16(10-25-28)17-11-26-30-20(23)9-18(27-21(17)30)19-13-29(8-7-24-19)22(31)32-14-15-5-3-2-4-6-15/h2-6,9-12,19,24H,7-8,13-14,23H2,1H3. The van der Waals surface area contributed by atoms with E-state index in [0.29, 0.717) is 31.1 Å². The number of ether oxygens (including phenoxy) is 1. The Morgan fingerprint density at radius 1 is 1.25 bits per heavy atom. The van der Waals surface area contributed by atoms with Crippen LogP contribution in [-0.2, 0) is 18.4 Å². The number of nitrogens with two attached hydrogens (primary N) is 1. The third-order valence-corrected chi connectivity index (χ3v) is 5.53. The third-order valence-electron chi connectivity index (χ3n) is 5.53. The van der Waals surface area contributed by atoms with E-state index in [1.54, 1.807) is 32.6 Å². The summed E-state index contributed by atoms with van der Waals surface area (Å²) in [6.45, 7) is 1.88. The van der Waals surface area contributed by atoms with Gasteiger partial charge < -0.3 is 20.7 Å². The Hall–Kier alpha value is -3.92. The van der Waals surface area contributed by atoms with Gasteiger partial charge >= 0.3 is 6.09 Å². The second-order valence-corrected chi connectivity index (χ2v) is 7.80. The summed E-state index contributed by atoms with van der Waals surface area (Å²) in [4.78, 5) is 19.2. The van der Waals surface area contributed by atoms with Gasteiger partial charge in [0.1, 0.15) is 12.4 Å². The van der Waals surface area contributed by atoms with Gasteiger partial charge in [0.25, 0.3) is 0 Å². The molecule has 0 bridgehead atoms. The Morgan fingerprint density at radius 2 is 2.09 bits per heavy atom. The zero-order chi connectivity index (χ0) is 22.1. The summed E-state index contributed by atoms with van der Waals surface area (Å²) in [5, 5.41) is 12.0. The number of amides is 1. The monoisotopic (exact) mass is 432 g/mol. The van der Waals surface area contributed by atoms with E-state index in [-0.39, 0.29) is 18.7 Å². The average molecular weight is 432 g/mol. The Kier molecular flexibility index (Phi) is 5.20. The van der Waals surface area contributed by atoms with Crippen molar-refractivity contribution in [2.75, 3.05) is 25.4 Å². The van der Waals surface area contributed by atoms with Crippen LogP contribution in [0.15, 0.2) is 55.0 Å². The molecule has 32 heavy (non-hydrogen) atoms. The minimum Gasteiger partial charge on any atom is -0.445 e. The maximum Gasteiger partial charge on any atom is 0.410 e. The van der Waals surface area contributed by atoms with Gasteiger partial charge in [-0.2, -0.15) is 14.7 Å². The fourth-order valence-electron chi connectivity index (χ4n) is 3.87. The van der Waals surface area contributed by atoms with Crippen LogP contribution in [0.4, 0.5) is 10.6 Å². The summed E-state index contributed by atoms with van der Waals surface area (Å²) in [5.41, 5.74) is 10.4. The van der Waals surface area contributed by atoms with E-state index in [0.717, 1.165) is 22.4 Å². The first kappa shape index (κ1) is 20.0. The van der Waals surface area contributed by atoms with Gasteiger partial charge in [-0.15, -0.1) is 0 Å². The second-order valence-electron chi connectivity index (χ2n) is 7.80. The van der Waals surface area contributed by atoms with Crippen molar-refractivity contribution < 1.29 is 9.53 Å². The highest BCUT2D eigenvalue weighted by Gasteiger charge is 2.27. The van der Waals surface area contributed by atoms with Crippen LogP contribution in [-0.4, -0.2) is 55.0 Å². The molecule has 1 unspecified atom stereocenters. The number of hydrogen-bond donors (Lipinski definition) is 2. The van der Waals surface area contributed by atoms with Crippen molar-refractivity contribution in [3.05, 3.63) is 66.2 Å². The number of nitrogens with zero attached hydrogens (tertiary/aromatic N) is 6. The Bertz CT molecular complexity index is 1250. The molecule has 1 atom stereocenters. The predicted octanol–water partition coefficient (Wildman–Crippen LogP) is 2.00. The van der Waals surface area contributed by atoms with Crippen molar-refractivity contribution in [1.29, 1.82) is 0 Å². The van der Waals surface area contributed by atoms with E-state index in [1.165, 1.54) is 0 Å². The molecule has 4 heterocycles. The van der Waals surface area contributed by atoms with Crippen molar-refractivity contribution >= 4 is 17.6 Å². The minimum atomic E-state index is -0.338. The Labute approximate surface area is 184 Å². The first-order valence-electron chi connectivity index (χ1n) is 10.4. The van der Waals surface area contributed by atoms with E-state index in [4.69, 9.17) is 15.5 Å². The summed E-state index contributed by atoms with van der Waals surface area (Å²) < 4.78 is 8.84. The molecule has 3 aromatic heterocycles. The molecule has 5 rings (SSSR count). The summed E-state index contributed by atoms with van der Waals surface area (Å²) >= 11 is 0. The number of aromatic nitrogens is 5. The van der Waals surface area contributed by atoms with Gasteiger partial charge in [-0.25, -0.2) is 9.78 Å². The average Bonchev–Trinajstić information content (AvgIpc) is 3.44. The highest BCUT2D eigenvalue weighted by atomic mass is 16.6. The number of hydrogen-bond acceptors (Lipinski definition) is 7. The number of carbonyl (C=O) groups excluding carboxylic acids is 1. The number of rotatable bonds is 4. The van der Waals surface area contributed by atoms with Gasteiger partial charge in [0.05, 0.1) is 24.1 Å². The third kappa shape index (κ3) is 3.87. The van der Waals surface area contributed by atoms with Crippen LogP contribution in [0.5, 0.6) is 0 Å². The number of aryl methyl sites for hydroxylation is 1. The molecule has 0 spiro atoms. The number of fused-ring (bicyclic) bond motifs is 1. The van der Waals surface area contributed by atoms with E-state index in [2.05, 4.69) is 15.5 Å². The molecule has 1 aromatic carbocycles. The van der Waals surface area contributed by atoms with E-state index >= 15 is 0 Å². The molecule has 10 nitrogen and oxygen atoms in total. The number of nitrogen functional groups attached to an aromatic ring is 1. The molecule has 164 valence electrons. The van der Waals surface area contributed by atoms with Crippen LogP contribution in [0.3, 0.4) is 0 Å². The van der Waals surface area contributed by atoms with Crippen molar-refractivity contribution in [3.8, 4) is 11.1 Å². The molecule has 1 amide bonds. The van der Waals surface area contributed by atoms with Crippen LogP contribution in [0.2, 0.25) is 0 Å². The van der Waals surface area contributed by atoms with Crippen LogP contribution in [0, 0.1) is 0 Å². The molecule has 1 saturated heterocycles. The molecule has 1 aliphatic heterocycles. The van der Waals surface area contributed by atoms with Crippen LogP contribution in [0.1, 0.15) is 17.3 Å². The smallest absolute Gasteiger partial charge is 0.410 e. The largest absolute Gasteiger partial charge is 0.445 e. The molecule has 0 aliphatic carbocycles. The number of piperazine rings is 1. The quantitative estimate of drug-likeness (QED) is 0.507. The SMILES string of the molecule is Cn1cc(-c2cnn3c(N)cc(C4CN(C(=O)OCc5ccccc5)CCN4)nc23)cn1. The predicted molar refractivity (Wildman–Crippen MR) is 119 cm³/mol. The lowest BCUT2D eigenvalue weighted by molar-refractivity contribution is 0.0847. The lowest BCUT2D eigenvalue weighted by Gasteiger charge is -2.32. The Morgan fingerprint density at radius 3 is 2.88 bits per heavy atom. The molecular formula is C22H24N8O2. The Balaban J connectivity index is 1.35. The van der Waals surface area contributed by atoms with Gasteiger partial charge in [0.15, 0.2) is 5.65 Å². The molecule has 1 fully saturated rings. The van der Waals surface area contributed by atoms with Crippen LogP contribution >= 0.6 is 0 Å². The maximum atomic E-state index is 12.6. The van der Waals surface area contributed by atoms with Gasteiger partial charge in [0, 0.05) is 50.1 Å². The molecule has 4 aromatic rings. The summed E-state index contributed by atoms with van der Waals surface area (Å²) in [6.07, 6.45) is 5.08. The minimum absolute atomic E-state index is 0.169. The van der Waals surface area contributed by atoms with Crippen molar-refractivity contribution in [2.24, 2.45) is 7.05 Å². The van der Waals surface area contributed by atoms with Crippen LogP contribution in [0.25, 0.3) is 16.8 Å². The molecule has 0 radical (unpaired) electrons. The van der Waals surface area contributed by atoms with Crippen molar-refractivity contribution in [1.82, 2.24) is 34.6 Å². The molecule has 0 saturated carbocycles. The highest BCUT2D eigenvalue weighted by molar-refractivity contribution is 5.77. The lowest BCUT2D eigenvalue weighted by Crippen LogP contribution is -2.48. The van der Waals surface area contributed by atoms with E-state index in [9.17, 15) is 4.79 Å². The van der Waals surface area contributed by atoms with Gasteiger partial charge in [-0.3, -0.25) is 4.68 Å². The molecular weight excluding hydrogens is 408 g/mol. The molecule has 1 aliphatic rings. The number of nitrogens with one attached hydrogen (secondary N) is 1. The second kappa shape index (κ2) is 8.31. The van der Waals surface area contributed by atoms with Crippen molar-refractivity contribution in [3.63, 3.8) is 0 Å². The summed E-state index contributed by atoms with van der Waals surface area (Å²) in [5.74, 6) is 0.478. The summed E-state index contributed by atoms with van der Waals surface area (Å²) in [7, 11) is 1.86. The van der Waals surface area contributed by atoms with Gasteiger partial charge in [-0.1, -0.05) is 30.3 Å². The topological polar surface area (TPSA) is 116 Å². The number of benzene rings is 1. The van der Waals surface area contributed by atoms with E-state index < -0.39 is 0 Å². The lowest BCUT2D eigenvalue weighted by atomic mass is 10.1. The fourth-order valence-corrected chi connectivity index (χ4v) is 3.87. The zero-order valence-corrected chi connectivity index (χ0v) is 17.7. The van der Waals surface area contributed by atoms with Crippen molar-refractivity contribution in [2.45, 2.75) is 12.6 Å². The van der Waals surface area contributed by atoms with E-state index in [1.807, 2.05) is 43.6 Å². The first-order chi connectivity index (χ1) is 15.6. The summed E-state index contributed by atoms with van der Waals surface area (Å²) in [6, 6.07) is 11.3. The maximum absolute atomic E-state index is 12.6.